The van der Waals surface area contributed by atoms with E-state index in [0.717, 1.165) is 11.4 Å². The molecule has 6 nitrogen and oxygen atoms in total. The van der Waals surface area contributed by atoms with Crippen molar-refractivity contribution < 1.29 is 4.92 Å². The predicted octanol–water partition coefficient (Wildman–Crippen LogP) is 3.05. The van der Waals surface area contributed by atoms with Gasteiger partial charge in [0, 0.05) is 23.9 Å². The molecule has 0 spiro atoms. The minimum Gasteiger partial charge on any atom is -0.360 e. The maximum atomic E-state index is 10.8. The van der Waals surface area contributed by atoms with Gasteiger partial charge >= 0.3 is 0 Å². The summed E-state index contributed by atoms with van der Waals surface area (Å²) < 4.78 is 0. The van der Waals surface area contributed by atoms with Crippen LogP contribution in [0.5, 0.6) is 0 Å². The molecule has 6 heteroatoms. The van der Waals surface area contributed by atoms with Crippen molar-refractivity contribution in [1.29, 1.82) is 0 Å². The van der Waals surface area contributed by atoms with E-state index in [1.165, 1.54) is 12.1 Å². The highest BCUT2D eigenvalue weighted by atomic mass is 16.6. The van der Waals surface area contributed by atoms with Gasteiger partial charge in [0.05, 0.1) is 16.3 Å². The second kappa shape index (κ2) is 4.93. The van der Waals surface area contributed by atoms with Gasteiger partial charge in [0.1, 0.15) is 5.69 Å². The van der Waals surface area contributed by atoms with Crippen LogP contribution in [-0.4, -0.2) is 20.1 Å². The second-order valence-electron chi connectivity index (χ2n) is 4.20. The second-order valence-corrected chi connectivity index (χ2v) is 4.20. The Balaban J connectivity index is 1.95. The molecule has 1 aromatic carbocycles. The molecular weight excluding hydrogens is 256 g/mol. The first-order valence-corrected chi connectivity index (χ1v) is 5.96. The van der Waals surface area contributed by atoms with Crippen LogP contribution in [0.1, 0.15) is 0 Å². The number of nitro benzene ring substituents is 1. The van der Waals surface area contributed by atoms with Crippen molar-refractivity contribution in [2.75, 3.05) is 0 Å². The van der Waals surface area contributed by atoms with Gasteiger partial charge in [-0.05, 0) is 24.3 Å². The maximum Gasteiger partial charge on any atom is 0.270 e. The Hall–Kier alpha value is -3.02. The Labute approximate surface area is 114 Å². The van der Waals surface area contributed by atoms with Crippen molar-refractivity contribution >= 4 is 5.69 Å². The molecule has 20 heavy (non-hydrogen) atoms. The molecule has 0 radical (unpaired) electrons. The fourth-order valence-electron chi connectivity index (χ4n) is 1.90. The van der Waals surface area contributed by atoms with E-state index in [-0.39, 0.29) is 5.69 Å². The summed E-state index contributed by atoms with van der Waals surface area (Å²) in [5, 5.41) is 19.0. The number of hydrogen-bond acceptors (Lipinski definition) is 4. The average molecular weight is 266 g/mol. The number of rotatable bonds is 3. The molecule has 0 fully saturated rings. The molecule has 0 atom stereocenters. The minimum absolute atomic E-state index is 0.0396. The zero-order valence-corrected chi connectivity index (χ0v) is 10.4. The van der Waals surface area contributed by atoms with Gasteiger partial charge in [0.2, 0.25) is 0 Å². The SMILES string of the molecule is O=[N+]([O-])c1cccc(-c2ccc(-c3ccc[nH]3)nn2)c1. The highest BCUT2D eigenvalue weighted by Crippen LogP contribution is 2.23. The first-order valence-electron chi connectivity index (χ1n) is 5.96. The summed E-state index contributed by atoms with van der Waals surface area (Å²) in [5.41, 5.74) is 2.92. The van der Waals surface area contributed by atoms with E-state index in [9.17, 15) is 10.1 Å². The molecule has 98 valence electrons. The summed E-state index contributed by atoms with van der Waals surface area (Å²) in [4.78, 5) is 13.4. The molecule has 2 aromatic heterocycles. The number of nitrogens with one attached hydrogen (secondary N) is 1. The number of aromatic nitrogens is 3. The number of non-ortho nitro benzene ring substituents is 1. The van der Waals surface area contributed by atoms with Crippen molar-refractivity contribution in [2.24, 2.45) is 0 Å². The summed E-state index contributed by atoms with van der Waals surface area (Å²) in [7, 11) is 0. The van der Waals surface area contributed by atoms with Crippen LogP contribution in [0.2, 0.25) is 0 Å². The van der Waals surface area contributed by atoms with E-state index in [0.29, 0.717) is 11.3 Å². The van der Waals surface area contributed by atoms with E-state index in [2.05, 4.69) is 15.2 Å². The third-order valence-electron chi connectivity index (χ3n) is 2.89. The van der Waals surface area contributed by atoms with E-state index in [4.69, 9.17) is 0 Å². The number of H-pyrrole nitrogens is 1. The Bertz CT molecular complexity index is 736. The van der Waals surface area contributed by atoms with Crippen LogP contribution < -0.4 is 0 Å². The highest BCUT2D eigenvalue weighted by molar-refractivity contribution is 5.64. The van der Waals surface area contributed by atoms with Gasteiger partial charge in [-0.25, -0.2) is 0 Å². The van der Waals surface area contributed by atoms with Gasteiger partial charge in [0.15, 0.2) is 0 Å². The molecule has 0 aliphatic carbocycles. The Morgan fingerprint density at radius 2 is 1.80 bits per heavy atom. The van der Waals surface area contributed by atoms with Crippen LogP contribution in [0.25, 0.3) is 22.6 Å². The lowest BCUT2D eigenvalue weighted by Crippen LogP contribution is -1.92. The molecule has 0 saturated carbocycles. The third kappa shape index (κ3) is 2.26. The van der Waals surface area contributed by atoms with E-state index >= 15 is 0 Å². The lowest BCUT2D eigenvalue weighted by atomic mass is 10.1. The van der Waals surface area contributed by atoms with Gasteiger partial charge in [-0.3, -0.25) is 10.1 Å². The summed E-state index contributed by atoms with van der Waals surface area (Å²) >= 11 is 0. The standard InChI is InChI=1S/C14H10N4O2/c19-18(20)11-4-1-3-10(9-11)12-6-7-14(17-16-12)13-5-2-8-15-13/h1-9,15H. The average Bonchev–Trinajstić information content (AvgIpc) is 3.02. The minimum atomic E-state index is -0.426. The largest absolute Gasteiger partial charge is 0.360 e. The first-order chi connectivity index (χ1) is 9.74. The third-order valence-corrected chi connectivity index (χ3v) is 2.89. The van der Waals surface area contributed by atoms with Crippen molar-refractivity contribution in [3.63, 3.8) is 0 Å². The smallest absolute Gasteiger partial charge is 0.270 e. The zero-order valence-electron chi connectivity index (χ0n) is 10.4. The van der Waals surface area contributed by atoms with Crippen LogP contribution in [0, 0.1) is 10.1 Å². The fraction of sp³-hybridized carbons (Fsp3) is 0. The summed E-state index contributed by atoms with van der Waals surface area (Å²) in [6, 6.07) is 13.7. The van der Waals surface area contributed by atoms with Crippen molar-refractivity contribution in [2.45, 2.75) is 0 Å². The first kappa shape index (κ1) is 12.0. The lowest BCUT2D eigenvalue weighted by Gasteiger charge is -2.01. The molecular formula is C14H10N4O2. The van der Waals surface area contributed by atoms with E-state index in [1.54, 1.807) is 18.2 Å². The van der Waals surface area contributed by atoms with Crippen LogP contribution in [-0.2, 0) is 0 Å². The molecule has 0 aliphatic rings. The number of benzene rings is 1. The Morgan fingerprint density at radius 1 is 1.00 bits per heavy atom. The van der Waals surface area contributed by atoms with Gasteiger partial charge in [-0.15, -0.1) is 10.2 Å². The van der Waals surface area contributed by atoms with E-state index < -0.39 is 4.92 Å². The van der Waals surface area contributed by atoms with Crippen LogP contribution in [0.4, 0.5) is 5.69 Å². The molecule has 3 aromatic rings. The highest BCUT2D eigenvalue weighted by Gasteiger charge is 2.09. The molecule has 0 bridgehead atoms. The molecule has 1 N–H and O–H groups in total. The van der Waals surface area contributed by atoms with Crippen LogP contribution >= 0.6 is 0 Å². The predicted molar refractivity (Wildman–Crippen MR) is 73.9 cm³/mol. The summed E-state index contributed by atoms with van der Waals surface area (Å²) in [6.07, 6.45) is 1.81. The monoisotopic (exact) mass is 266 g/mol. The number of nitrogens with zero attached hydrogens (tertiary/aromatic N) is 3. The zero-order chi connectivity index (χ0) is 13.9. The molecule has 0 aliphatic heterocycles. The maximum absolute atomic E-state index is 10.8. The van der Waals surface area contributed by atoms with Gasteiger partial charge in [-0.1, -0.05) is 12.1 Å². The van der Waals surface area contributed by atoms with Gasteiger partial charge in [0.25, 0.3) is 5.69 Å². The molecule has 0 unspecified atom stereocenters. The molecule has 3 rings (SSSR count). The Kier molecular flexibility index (Phi) is 2.96. The normalized spacial score (nSPS) is 10.4. The van der Waals surface area contributed by atoms with Gasteiger partial charge in [-0.2, -0.15) is 0 Å². The number of hydrogen-bond donors (Lipinski definition) is 1. The van der Waals surface area contributed by atoms with Crippen molar-refractivity contribution in [3.05, 3.63) is 64.8 Å². The Morgan fingerprint density at radius 3 is 2.45 bits per heavy atom. The molecule has 2 heterocycles. The quantitative estimate of drug-likeness (QED) is 0.583. The van der Waals surface area contributed by atoms with Crippen LogP contribution in [0.15, 0.2) is 54.7 Å². The van der Waals surface area contributed by atoms with Gasteiger partial charge < -0.3 is 4.98 Å². The number of nitro groups is 1. The molecule has 0 saturated heterocycles. The lowest BCUT2D eigenvalue weighted by molar-refractivity contribution is -0.384. The van der Waals surface area contributed by atoms with E-state index in [1.807, 2.05) is 24.4 Å². The summed E-state index contributed by atoms with van der Waals surface area (Å²) in [5.74, 6) is 0. The molecule has 0 amide bonds. The number of aromatic amines is 1. The topological polar surface area (TPSA) is 84.7 Å². The summed E-state index contributed by atoms with van der Waals surface area (Å²) in [6.45, 7) is 0. The van der Waals surface area contributed by atoms with Crippen molar-refractivity contribution in [3.8, 4) is 22.6 Å². The fourth-order valence-corrected chi connectivity index (χ4v) is 1.90. The van der Waals surface area contributed by atoms with Crippen molar-refractivity contribution in [1.82, 2.24) is 15.2 Å². The van der Waals surface area contributed by atoms with Crippen LogP contribution in [0.3, 0.4) is 0 Å².